The zero-order valence-corrected chi connectivity index (χ0v) is 62.7. The van der Waals surface area contributed by atoms with E-state index in [2.05, 4.69) is 111 Å². The first-order chi connectivity index (χ1) is 50.5. The van der Waals surface area contributed by atoms with Crippen LogP contribution in [0.4, 0.5) is 21.5 Å². The van der Waals surface area contributed by atoms with Gasteiger partial charge < -0.3 is 39.1 Å². The van der Waals surface area contributed by atoms with E-state index in [4.69, 9.17) is 14.5 Å². The Balaban J connectivity index is 0.000000128. The van der Waals surface area contributed by atoms with Crippen molar-refractivity contribution in [1.82, 2.24) is 39.7 Å². The summed E-state index contributed by atoms with van der Waals surface area (Å²) in [5, 5.41) is 13.7. The molecule has 6 aromatic heterocycles. The van der Waals surface area contributed by atoms with Crippen LogP contribution in [0.25, 0.3) is 66.1 Å². The van der Waals surface area contributed by atoms with Gasteiger partial charge in [0.1, 0.15) is 0 Å². The molecule has 2 saturated heterocycles. The quantitative estimate of drug-likeness (QED) is 0.0849. The minimum Gasteiger partial charge on any atom is -0.478 e. The second kappa shape index (κ2) is 28.8. The highest BCUT2D eigenvalue weighted by Gasteiger charge is 2.56. The predicted molar refractivity (Wildman–Crippen MR) is 415 cm³/mol. The lowest BCUT2D eigenvalue weighted by atomic mass is 9.62. The van der Waals surface area contributed by atoms with Crippen molar-refractivity contribution >= 4 is 67.5 Å². The highest BCUT2D eigenvalue weighted by molar-refractivity contribution is 6.15. The number of nitrogens with zero attached hydrogens (tertiary/aromatic N) is 11. The Morgan fingerprint density at radius 2 is 0.714 bits per heavy atom. The third-order valence-corrected chi connectivity index (χ3v) is 25.1. The van der Waals surface area contributed by atoms with Crippen molar-refractivity contribution < 1.29 is 33.4 Å². The fourth-order valence-electron chi connectivity index (χ4n) is 18.4. The molecular weight excluding hydrogens is 1310 g/mol. The number of amides is 3. The van der Waals surface area contributed by atoms with Gasteiger partial charge in [0.05, 0.1) is 87.3 Å². The summed E-state index contributed by atoms with van der Waals surface area (Å²) in [5.41, 5.74) is 13.1. The molecule has 17 rings (SSSR count). The number of rotatable bonds is 13. The van der Waals surface area contributed by atoms with E-state index in [-0.39, 0.29) is 28.6 Å². The minimum atomic E-state index is -0.718. The topological polar surface area (TPSA) is 183 Å². The predicted octanol–water partition coefficient (Wildman–Crippen LogP) is 16.7. The third-order valence-electron chi connectivity index (χ3n) is 25.1. The van der Waals surface area contributed by atoms with E-state index in [9.17, 15) is 23.9 Å². The zero-order chi connectivity index (χ0) is 73.0. The number of likely N-dealkylation sites (N-methyl/N-ethyl adjacent to an activating group) is 3. The van der Waals surface area contributed by atoms with Gasteiger partial charge in [0, 0.05) is 114 Å². The minimum absolute atomic E-state index is 0.117. The standard InChI is InChI=1S/C32H40N4O2.C31H38N4O3.C24H24FN3O/c1-31(2)12-14-32(15-13-31)29-25-20-23(8-10-26(25)33-22-27(29)35(3)30(32)37)24-9-11-28(34-21-24)38-19-7-18-36-16-5-4-6-17-36;1-30(37)11-13-31(14-12-30)28-24-19-22(7-9-25(24)32-21-26(28)34(2)29(31)36)23-8-10-27(33-20-23)38-18-6-17-35-15-4-3-5-16-35;1-23(2)8-10-24(11-9-23)21-17-12-15(16-5-7-20(25)27-13-16)4-6-18(17)26-14-19(21)28(3)22(24)29/h8-11,20-22H,4-7,12-19H2,1-3H3;7-10,19-21,37H,3-6,11-18H2,1-2H3;4-7,12-14H,8-11H2,1-3H3. The van der Waals surface area contributed by atoms with Gasteiger partial charge in [0.2, 0.25) is 35.4 Å². The van der Waals surface area contributed by atoms with Crippen LogP contribution in [-0.4, -0.2) is 142 Å². The summed E-state index contributed by atoms with van der Waals surface area (Å²) < 4.78 is 25.1. The molecule has 5 aliphatic heterocycles. The number of carbonyl (C=O) groups is 3. The number of pyridine rings is 6. The van der Waals surface area contributed by atoms with Crippen LogP contribution in [0.5, 0.6) is 11.8 Å². The summed E-state index contributed by atoms with van der Waals surface area (Å²) >= 11 is 0. The molecular formula is C87H102FN11O6. The Kier molecular flexibility index (Phi) is 19.7. The molecule has 3 amide bonds. The number of fused-ring (bicyclic) bond motifs is 12. The fourth-order valence-corrected chi connectivity index (χ4v) is 18.4. The van der Waals surface area contributed by atoms with Gasteiger partial charge in [0.25, 0.3) is 0 Å². The van der Waals surface area contributed by atoms with E-state index in [1.165, 1.54) is 76.3 Å². The molecule has 0 atom stereocenters. The first-order valence-electron chi connectivity index (χ1n) is 38.7. The second-order valence-electron chi connectivity index (χ2n) is 33.3. The number of likely N-dealkylation sites (tertiary alicyclic amines) is 2. The van der Waals surface area contributed by atoms with Gasteiger partial charge in [-0.2, -0.15) is 4.39 Å². The molecule has 18 heteroatoms. The van der Waals surface area contributed by atoms with Crippen LogP contribution in [0, 0.1) is 16.8 Å². The summed E-state index contributed by atoms with van der Waals surface area (Å²) in [6.45, 7) is 19.5. The Morgan fingerprint density at radius 3 is 1.04 bits per heavy atom. The Morgan fingerprint density at radius 1 is 0.390 bits per heavy atom. The van der Waals surface area contributed by atoms with Crippen molar-refractivity contribution in [2.24, 2.45) is 10.8 Å². The molecule has 3 saturated carbocycles. The van der Waals surface area contributed by atoms with Crippen molar-refractivity contribution in [3.05, 3.63) is 151 Å². The fraction of sp³-hybridized carbons (Fsp3) is 0.483. The van der Waals surface area contributed by atoms with Crippen LogP contribution in [-0.2, 0) is 30.6 Å². The van der Waals surface area contributed by atoms with Gasteiger partial charge in [-0.15, -0.1) is 0 Å². The van der Waals surface area contributed by atoms with E-state index >= 15 is 0 Å². The average molecular weight is 1420 g/mol. The van der Waals surface area contributed by atoms with Crippen LogP contribution in [0.3, 0.4) is 0 Å². The number of hydrogen-bond donors (Lipinski definition) is 1. The van der Waals surface area contributed by atoms with Crippen molar-refractivity contribution in [3.63, 3.8) is 0 Å². The van der Waals surface area contributed by atoms with E-state index in [1.54, 1.807) is 22.1 Å². The largest absolute Gasteiger partial charge is 0.478 e. The number of piperidine rings is 2. The van der Waals surface area contributed by atoms with Gasteiger partial charge in [-0.1, -0.05) is 58.7 Å². The number of ether oxygens (including phenoxy) is 2. The van der Waals surface area contributed by atoms with Crippen LogP contribution < -0.4 is 24.2 Å². The number of carbonyl (C=O) groups excluding carboxylic acids is 3. The van der Waals surface area contributed by atoms with Crippen molar-refractivity contribution in [2.75, 3.05) is 88.3 Å². The van der Waals surface area contributed by atoms with Crippen molar-refractivity contribution in [1.29, 1.82) is 0 Å². The van der Waals surface area contributed by atoms with Crippen LogP contribution in [0.1, 0.15) is 180 Å². The maximum atomic E-state index is 13.7. The lowest BCUT2D eigenvalue weighted by Gasteiger charge is -2.40. The number of halogens is 1. The molecule has 3 aliphatic carbocycles. The molecule has 548 valence electrons. The number of aliphatic hydroxyl groups is 1. The maximum Gasteiger partial charge on any atom is 0.237 e. The highest BCUT2D eigenvalue weighted by Crippen LogP contribution is 2.58. The van der Waals surface area contributed by atoms with Crippen LogP contribution >= 0.6 is 0 Å². The molecule has 8 aliphatic rings. The monoisotopic (exact) mass is 1420 g/mol. The number of anilines is 3. The van der Waals surface area contributed by atoms with Crippen LogP contribution in [0.15, 0.2) is 128 Å². The molecule has 9 aromatic rings. The summed E-state index contributed by atoms with van der Waals surface area (Å²) in [5.74, 6) is 1.36. The summed E-state index contributed by atoms with van der Waals surface area (Å²) in [4.78, 5) is 78.1. The molecule has 1 N–H and O–H groups in total. The molecule has 105 heavy (non-hydrogen) atoms. The Bertz CT molecular complexity index is 4500. The summed E-state index contributed by atoms with van der Waals surface area (Å²) in [6, 6.07) is 29.9. The van der Waals surface area contributed by atoms with Crippen molar-refractivity contribution in [2.45, 2.75) is 185 Å². The SMILES string of the molecule is CN1C(=O)C2(CCC(C)(C)CC2)c2c1cnc1ccc(-c3ccc(F)nc3)cc21.CN1C(=O)C2(CCC(C)(C)CC2)c2c1cnc1ccc(-c3ccc(OCCCN4CCCCC4)nc3)cc21.CN1C(=O)C2(CCC(C)(O)CC2)c2c1cnc1ccc(-c3ccc(OCCCN4CCCCC4)nc3)cc21. The first kappa shape index (κ1) is 71.8. The number of aromatic nitrogens is 6. The zero-order valence-electron chi connectivity index (χ0n) is 62.7. The van der Waals surface area contributed by atoms with Crippen molar-refractivity contribution in [3.8, 4) is 45.1 Å². The Labute approximate surface area is 617 Å². The second-order valence-corrected chi connectivity index (χ2v) is 33.3. The van der Waals surface area contributed by atoms with Gasteiger partial charge in [-0.05, 0) is 237 Å². The van der Waals surface area contributed by atoms with Gasteiger partial charge in [-0.3, -0.25) is 29.3 Å². The summed E-state index contributed by atoms with van der Waals surface area (Å²) in [7, 11) is 5.61. The molecule has 3 spiro atoms. The molecule has 0 unspecified atom stereocenters. The smallest absolute Gasteiger partial charge is 0.237 e. The molecule has 3 aromatic carbocycles. The number of benzene rings is 3. The van der Waals surface area contributed by atoms with Gasteiger partial charge in [-0.25, -0.2) is 15.0 Å². The van der Waals surface area contributed by atoms with E-state index in [0.29, 0.717) is 50.7 Å². The van der Waals surface area contributed by atoms with E-state index < -0.39 is 27.8 Å². The van der Waals surface area contributed by atoms with E-state index in [1.807, 2.05) is 94.3 Å². The van der Waals surface area contributed by atoms with E-state index in [0.717, 1.165) is 172 Å². The Hall–Kier alpha value is -8.84. The van der Waals surface area contributed by atoms with Gasteiger partial charge >= 0.3 is 0 Å². The highest BCUT2D eigenvalue weighted by atomic mass is 19.1. The first-order valence-corrected chi connectivity index (χ1v) is 38.7. The normalized spacial score (nSPS) is 20.4. The third kappa shape index (κ3) is 14.0. The van der Waals surface area contributed by atoms with Crippen LogP contribution in [0.2, 0.25) is 0 Å². The van der Waals surface area contributed by atoms with Gasteiger partial charge in [0.15, 0.2) is 0 Å². The summed E-state index contributed by atoms with van der Waals surface area (Å²) in [6.07, 6.45) is 31.1. The molecule has 0 radical (unpaired) electrons. The lowest BCUT2D eigenvalue weighted by Crippen LogP contribution is -2.45. The molecule has 5 fully saturated rings. The molecule has 17 nitrogen and oxygen atoms in total. The number of hydrogen-bond acceptors (Lipinski definition) is 14. The molecule has 11 heterocycles. The molecule has 0 bridgehead atoms. The lowest BCUT2D eigenvalue weighted by molar-refractivity contribution is -0.126. The average Bonchev–Trinajstić information content (AvgIpc) is 1.58. The maximum absolute atomic E-state index is 13.7.